The molecule has 0 radical (unpaired) electrons. The minimum absolute atomic E-state index is 0.0596. The third-order valence-corrected chi connectivity index (χ3v) is 6.15. The maximum Gasteiger partial charge on any atom is 0.261 e. The van der Waals surface area contributed by atoms with E-state index in [0.29, 0.717) is 23.2 Å². The van der Waals surface area contributed by atoms with Gasteiger partial charge in [-0.15, -0.1) is 11.3 Å². The molecule has 132 valence electrons. The highest BCUT2D eigenvalue weighted by Crippen LogP contribution is 2.32. The Kier molecular flexibility index (Phi) is 6.95. The molecule has 0 fully saturated rings. The van der Waals surface area contributed by atoms with E-state index in [2.05, 4.69) is 31.0 Å². The summed E-state index contributed by atoms with van der Waals surface area (Å²) in [5.41, 5.74) is 0.907. The molecule has 2 atom stereocenters. The highest BCUT2D eigenvalue weighted by Gasteiger charge is 2.20. The topological polar surface area (TPSA) is 49.4 Å². The van der Waals surface area contributed by atoms with E-state index in [1.807, 2.05) is 24.3 Å². The maximum atomic E-state index is 12.7. The quantitative estimate of drug-likeness (QED) is 0.780. The van der Waals surface area contributed by atoms with Crippen LogP contribution in [0, 0.1) is 0 Å². The average Bonchev–Trinajstić information content (AvgIpc) is 2.92. The van der Waals surface area contributed by atoms with Crippen molar-refractivity contribution in [2.24, 2.45) is 0 Å². The van der Waals surface area contributed by atoms with Gasteiger partial charge in [-0.3, -0.25) is 13.9 Å². The Morgan fingerprint density at radius 2 is 1.96 bits per heavy atom. The average molecular weight is 367 g/mol. The molecule has 1 heterocycles. The van der Waals surface area contributed by atoms with Crippen molar-refractivity contribution < 1.29 is 9.00 Å². The molecular weight excluding hydrogens is 340 g/mol. The number of thiophene rings is 1. The first-order chi connectivity index (χ1) is 11.5. The first kappa shape index (κ1) is 19.1. The van der Waals surface area contributed by atoms with E-state index >= 15 is 0 Å². The van der Waals surface area contributed by atoms with Gasteiger partial charge in [-0.25, -0.2) is 0 Å². The number of carbonyl (C=O) groups is 1. The number of hydrogen-bond acceptors (Lipinski definition) is 4. The zero-order chi connectivity index (χ0) is 17.7. The van der Waals surface area contributed by atoms with Crippen LogP contribution in [0.2, 0.25) is 0 Å². The van der Waals surface area contributed by atoms with Crippen LogP contribution in [0.15, 0.2) is 24.3 Å². The third-order valence-electron chi connectivity index (χ3n) is 4.25. The van der Waals surface area contributed by atoms with Gasteiger partial charge in [0.2, 0.25) is 0 Å². The summed E-state index contributed by atoms with van der Waals surface area (Å²) in [5.74, 6) is 0.355. The lowest BCUT2D eigenvalue weighted by Crippen LogP contribution is -2.42. The molecule has 0 aliphatic carbocycles. The number of rotatable bonds is 8. The standard InChI is InChI=1S/C18H26N2O2S2/c1-5-20(6-2)13(3)11-19-18(21)17-15(12-24(4)22)14-9-7-8-10-16(14)23-17/h7-10,13H,5-6,11-12H2,1-4H3,(H,19,21)/t13-,24+/m1/s1. The second-order valence-electron chi connectivity index (χ2n) is 5.90. The predicted molar refractivity (Wildman–Crippen MR) is 104 cm³/mol. The second kappa shape index (κ2) is 8.74. The van der Waals surface area contributed by atoms with E-state index in [1.165, 1.54) is 11.3 Å². The summed E-state index contributed by atoms with van der Waals surface area (Å²) in [6.07, 6.45) is 1.68. The van der Waals surface area contributed by atoms with Crippen molar-refractivity contribution in [2.75, 3.05) is 25.9 Å². The van der Waals surface area contributed by atoms with E-state index in [-0.39, 0.29) is 5.91 Å². The fourth-order valence-electron chi connectivity index (χ4n) is 2.93. The monoisotopic (exact) mass is 366 g/mol. The number of fused-ring (bicyclic) bond motifs is 1. The molecule has 0 unspecified atom stereocenters. The van der Waals surface area contributed by atoms with Crippen LogP contribution in [0.5, 0.6) is 0 Å². The van der Waals surface area contributed by atoms with Gasteiger partial charge in [-0.1, -0.05) is 32.0 Å². The summed E-state index contributed by atoms with van der Waals surface area (Å²) in [6.45, 7) is 8.93. The molecule has 1 aromatic carbocycles. The molecule has 2 rings (SSSR count). The van der Waals surface area contributed by atoms with E-state index < -0.39 is 10.8 Å². The van der Waals surface area contributed by atoms with E-state index in [9.17, 15) is 9.00 Å². The highest BCUT2D eigenvalue weighted by atomic mass is 32.2. The van der Waals surface area contributed by atoms with Crippen LogP contribution in [-0.2, 0) is 16.6 Å². The molecule has 2 aromatic rings. The fourth-order valence-corrected chi connectivity index (χ4v) is 4.86. The summed E-state index contributed by atoms with van der Waals surface area (Å²) in [7, 11) is -0.982. The molecule has 1 N–H and O–H groups in total. The molecule has 24 heavy (non-hydrogen) atoms. The molecule has 4 nitrogen and oxygen atoms in total. The predicted octanol–water partition coefficient (Wildman–Crippen LogP) is 3.24. The Morgan fingerprint density at radius 1 is 1.29 bits per heavy atom. The van der Waals surface area contributed by atoms with Gasteiger partial charge in [0.15, 0.2) is 0 Å². The summed E-state index contributed by atoms with van der Waals surface area (Å²) in [6, 6.07) is 8.24. The third kappa shape index (κ3) is 4.43. The SMILES string of the molecule is CCN(CC)[C@H](C)CNC(=O)c1sc2ccccc2c1C[S@](C)=O. The van der Waals surface area contributed by atoms with E-state index in [0.717, 1.165) is 28.7 Å². The molecule has 0 saturated heterocycles. The number of carbonyl (C=O) groups excluding carboxylic acids is 1. The zero-order valence-corrected chi connectivity index (χ0v) is 16.4. The van der Waals surface area contributed by atoms with Crippen LogP contribution in [-0.4, -0.2) is 46.9 Å². The van der Waals surface area contributed by atoms with Gasteiger partial charge >= 0.3 is 0 Å². The van der Waals surface area contributed by atoms with Crippen molar-refractivity contribution >= 4 is 38.1 Å². The van der Waals surface area contributed by atoms with Crippen LogP contribution in [0.1, 0.15) is 36.0 Å². The van der Waals surface area contributed by atoms with E-state index in [1.54, 1.807) is 6.26 Å². The van der Waals surface area contributed by atoms with Gasteiger partial charge in [0, 0.05) is 34.3 Å². The number of amides is 1. The molecule has 0 aliphatic rings. The number of likely N-dealkylation sites (N-methyl/N-ethyl adjacent to an activating group) is 1. The molecular formula is C18H26N2O2S2. The number of benzene rings is 1. The van der Waals surface area contributed by atoms with E-state index in [4.69, 9.17) is 0 Å². The minimum atomic E-state index is -0.982. The first-order valence-corrected chi connectivity index (χ1v) is 10.8. The molecule has 1 aromatic heterocycles. The Bertz CT molecular complexity index is 723. The lowest BCUT2D eigenvalue weighted by Gasteiger charge is -2.26. The lowest BCUT2D eigenvalue weighted by atomic mass is 10.1. The van der Waals surface area contributed by atoms with Crippen molar-refractivity contribution in [3.63, 3.8) is 0 Å². The van der Waals surface area contributed by atoms with Crippen molar-refractivity contribution in [3.05, 3.63) is 34.7 Å². The second-order valence-corrected chi connectivity index (χ2v) is 8.39. The number of nitrogens with zero attached hydrogens (tertiary/aromatic N) is 1. The van der Waals surface area contributed by atoms with Crippen LogP contribution >= 0.6 is 11.3 Å². The van der Waals surface area contributed by atoms with Crippen LogP contribution < -0.4 is 5.32 Å². The van der Waals surface area contributed by atoms with Crippen molar-refractivity contribution in [2.45, 2.75) is 32.6 Å². The normalized spacial score (nSPS) is 14.0. The molecule has 1 amide bonds. The minimum Gasteiger partial charge on any atom is -0.350 e. The van der Waals surface area contributed by atoms with Gasteiger partial charge in [-0.05, 0) is 37.0 Å². The Labute approximate surface area is 150 Å². The Balaban J connectivity index is 2.21. The van der Waals surface area contributed by atoms with Gasteiger partial charge in [0.1, 0.15) is 0 Å². The number of nitrogens with one attached hydrogen (secondary N) is 1. The molecule has 0 spiro atoms. The molecule has 0 bridgehead atoms. The highest BCUT2D eigenvalue weighted by molar-refractivity contribution is 7.83. The smallest absolute Gasteiger partial charge is 0.261 e. The van der Waals surface area contributed by atoms with Gasteiger partial charge < -0.3 is 5.32 Å². The van der Waals surface area contributed by atoms with Crippen LogP contribution in [0.25, 0.3) is 10.1 Å². The lowest BCUT2D eigenvalue weighted by molar-refractivity contribution is 0.0941. The van der Waals surface area contributed by atoms with Gasteiger partial charge in [0.05, 0.1) is 10.6 Å². The van der Waals surface area contributed by atoms with Gasteiger partial charge in [-0.2, -0.15) is 0 Å². The summed E-state index contributed by atoms with van der Waals surface area (Å²) in [5, 5.41) is 4.09. The Hall–Kier alpha value is -1.24. The Morgan fingerprint density at radius 3 is 2.58 bits per heavy atom. The van der Waals surface area contributed by atoms with Crippen molar-refractivity contribution in [3.8, 4) is 0 Å². The van der Waals surface area contributed by atoms with Crippen molar-refractivity contribution in [1.82, 2.24) is 10.2 Å². The molecule has 0 saturated carbocycles. The zero-order valence-electron chi connectivity index (χ0n) is 14.8. The molecule has 0 aliphatic heterocycles. The van der Waals surface area contributed by atoms with Crippen LogP contribution in [0.4, 0.5) is 0 Å². The van der Waals surface area contributed by atoms with Gasteiger partial charge in [0.25, 0.3) is 5.91 Å². The largest absolute Gasteiger partial charge is 0.350 e. The van der Waals surface area contributed by atoms with Crippen LogP contribution in [0.3, 0.4) is 0 Å². The summed E-state index contributed by atoms with van der Waals surface area (Å²) in [4.78, 5) is 15.7. The summed E-state index contributed by atoms with van der Waals surface area (Å²) >= 11 is 1.49. The fraction of sp³-hybridized carbons (Fsp3) is 0.500. The molecule has 6 heteroatoms. The first-order valence-electron chi connectivity index (χ1n) is 8.30. The summed E-state index contributed by atoms with van der Waals surface area (Å²) < 4.78 is 12.8. The van der Waals surface area contributed by atoms with Crippen molar-refractivity contribution in [1.29, 1.82) is 0 Å². The maximum absolute atomic E-state index is 12.7. The number of hydrogen-bond donors (Lipinski definition) is 1.